The zero-order valence-corrected chi connectivity index (χ0v) is 17.9. The molecule has 0 aliphatic rings. The van der Waals surface area contributed by atoms with Crippen molar-refractivity contribution in [3.63, 3.8) is 0 Å². The number of carbonyl (C=O) groups is 3. The van der Waals surface area contributed by atoms with Crippen molar-refractivity contribution >= 4 is 23.7 Å². The van der Waals surface area contributed by atoms with Crippen molar-refractivity contribution in [1.29, 1.82) is 0 Å². The number of amides is 1. The van der Waals surface area contributed by atoms with E-state index in [0.29, 0.717) is 11.7 Å². The van der Waals surface area contributed by atoms with Crippen LogP contribution in [0.3, 0.4) is 0 Å². The average Bonchev–Trinajstić information content (AvgIpc) is 3.02. The molecule has 8 nitrogen and oxygen atoms in total. The largest absolute Gasteiger partial charge is 0.484 e. The highest BCUT2D eigenvalue weighted by Crippen LogP contribution is 2.29. The van der Waals surface area contributed by atoms with E-state index in [4.69, 9.17) is 18.6 Å². The molecule has 2 aromatic rings. The third-order valence-electron chi connectivity index (χ3n) is 4.19. The minimum Gasteiger partial charge on any atom is -0.484 e. The summed E-state index contributed by atoms with van der Waals surface area (Å²) in [5.41, 5.74) is 0.831. The van der Waals surface area contributed by atoms with E-state index >= 15 is 0 Å². The monoisotopic (exact) mass is 417 g/mol. The summed E-state index contributed by atoms with van der Waals surface area (Å²) < 4.78 is 21.0. The Balaban J connectivity index is 2.19. The second kappa shape index (κ2) is 10.5. The molecular formula is C22H27NO7. The van der Waals surface area contributed by atoms with Gasteiger partial charge in [-0.25, -0.2) is 9.59 Å². The molecule has 162 valence electrons. The number of benzene rings is 1. The Labute approximate surface area is 175 Å². The highest BCUT2D eigenvalue weighted by atomic mass is 16.5. The number of esters is 2. The van der Waals surface area contributed by atoms with Crippen molar-refractivity contribution < 1.29 is 33.0 Å². The van der Waals surface area contributed by atoms with Crippen LogP contribution in [0.15, 0.2) is 28.7 Å². The Hall–Kier alpha value is -3.29. The summed E-state index contributed by atoms with van der Waals surface area (Å²) >= 11 is 0. The van der Waals surface area contributed by atoms with Crippen LogP contribution in [0.5, 0.6) is 5.75 Å². The first-order valence-electron chi connectivity index (χ1n) is 9.78. The van der Waals surface area contributed by atoms with Gasteiger partial charge in [-0.15, -0.1) is 0 Å². The summed E-state index contributed by atoms with van der Waals surface area (Å²) in [4.78, 5) is 37.1. The van der Waals surface area contributed by atoms with E-state index in [9.17, 15) is 14.4 Å². The maximum Gasteiger partial charge on any atom is 0.344 e. The number of nitrogens with one attached hydrogen (secondary N) is 1. The first kappa shape index (κ1) is 23.0. The minimum absolute atomic E-state index is 0.0730. The van der Waals surface area contributed by atoms with Crippen LogP contribution in [0.2, 0.25) is 0 Å². The number of furan rings is 1. The number of hydrogen-bond donors (Lipinski definition) is 1. The van der Waals surface area contributed by atoms with Crippen molar-refractivity contribution in [3.8, 4) is 5.75 Å². The Morgan fingerprint density at radius 3 is 2.27 bits per heavy atom. The molecule has 2 rings (SSSR count). The number of ether oxygens (including phenoxy) is 3. The summed E-state index contributed by atoms with van der Waals surface area (Å²) in [6.45, 7) is 8.80. The van der Waals surface area contributed by atoms with E-state index in [1.807, 2.05) is 18.2 Å². The predicted octanol–water partition coefficient (Wildman–Crippen LogP) is 4.08. The molecule has 0 spiro atoms. The number of rotatable bonds is 9. The molecule has 1 amide bonds. The van der Waals surface area contributed by atoms with E-state index in [0.717, 1.165) is 5.56 Å². The lowest BCUT2D eigenvalue weighted by atomic mass is 10.0. The van der Waals surface area contributed by atoms with Gasteiger partial charge in [-0.3, -0.25) is 10.1 Å². The lowest BCUT2D eigenvalue weighted by Crippen LogP contribution is -2.22. The zero-order valence-electron chi connectivity index (χ0n) is 17.9. The SMILES string of the molecule is CCOC(=O)c1c(C)oc(NC(=O)COc2cccc(C(C)C)c2)c1C(=O)OCC. The quantitative estimate of drug-likeness (QED) is 0.613. The van der Waals surface area contributed by atoms with E-state index < -0.39 is 17.8 Å². The highest BCUT2D eigenvalue weighted by Gasteiger charge is 2.31. The highest BCUT2D eigenvalue weighted by molar-refractivity contribution is 6.09. The van der Waals surface area contributed by atoms with Gasteiger partial charge in [0.25, 0.3) is 5.91 Å². The van der Waals surface area contributed by atoms with Crippen LogP contribution < -0.4 is 10.1 Å². The second-order valence-electron chi connectivity index (χ2n) is 6.74. The van der Waals surface area contributed by atoms with E-state index in [2.05, 4.69) is 19.2 Å². The fourth-order valence-corrected chi connectivity index (χ4v) is 2.75. The molecule has 0 aliphatic carbocycles. The summed E-state index contributed by atoms with van der Waals surface area (Å²) in [7, 11) is 0. The van der Waals surface area contributed by atoms with Crippen LogP contribution >= 0.6 is 0 Å². The molecule has 1 aromatic carbocycles. The Morgan fingerprint density at radius 2 is 1.67 bits per heavy atom. The van der Waals surface area contributed by atoms with Gasteiger partial charge in [0.15, 0.2) is 6.61 Å². The van der Waals surface area contributed by atoms with Gasteiger partial charge in [0, 0.05) is 0 Å². The van der Waals surface area contributed by atoms with Crippen molar-refractivity contribution in [1.82, 2.24) is 0 Å². The first-order valence-corrected chi connectivity index (χ1v) is 9.78. The summed E-state index contributed by atoms with van der Waals surface area (Å²) in [6, 6.07) is 7.44. The third kappa shape index (κ3) is 5.62. The maximum absolute atomic E-state index is 12.4. The summed E-state index contributed by atoms with van der Waals surface area (Å²) in [5, 5.41) is 2.48. The lowest BCUT2D eigenvalue weighted by molar-refractivity contribution is -0.118. The van der Waals surface area contributed by atoms with E-state index in [-0.39, 0.29) is 42.6 Å². The second-order valence-corrected chi connectivity index (χ2v) is 6.74. The van der Waals surface area contributed by atoms with Crippen LogP contribution in [-0.2, 0) is 14.3 Å². The molecule has 8 heteroatoms. The number of anilines is 1. The number of carbonyl (C=O) groups excluding carboxylic acids is 3. The van der Waals surface area contributed by atoms with E-state index in [1.54, 1.807) is 19.9 Å². The van der Waals surface area contributed by atoms with Gasteiger partial charge < -0.3 is 18.6 Å². The van der Waals surface area contributed by atoms with E-state index in [1.165, 1.54) is 6.92 Å². The van der Waals surface area contributed by atoms with Crippen LogP contribution in [0, 0.1) is 6.92 Å². The maximum atomic E-state index is 12.4. The fraction of sp³-hybridized carbons (Fsp3) is 0.409. The molecule has 30 heavy (non-hydrogen) atoms. The zero-order chi connectivity index (χ0) is 22.3. The molecule has 0 unspecified atom stereocenters. The number of hydrogen-bond acceptors (Lipinski definition) is 7. The molecule has 0 radical (unpaired) electrons. The molecule has 0 saturated heterocycles. The Bertz CT molecular complexity index is 914. The predicted molar refractivity (Wildman–Crippen MR) is 110 cm³/mol. The van der Waals surface area contributed by atoms with Crippen LogP contribution in [0.1, 0.15) is 65.7 Å². The molecule has 0 atom stereocenters. The molecule has 0 bridgehead atoms. The average molecular weight is 417 g/mol. The minimum atomic E-state index is -0.793. The van der Waals surface area contributed by atoms with Gasteiger partial charge in [-0.05, 0) is 44.4 Å². The summed E-state index contributed by atoms with van der Waals surface area (Å²) in [5.74, 6) is -1.26. The fourth-order valence-electron chi connectivity index (χ4n) is 2.75. The molecule has 1 N–H and O–H groups in total. The van der Waals surface area contributed by atoms with Crippen LogP contribution in [0.25, 0.3) is 0 Å². The molecule has 1 aromatic heterocycles. The molecule has 0 saturated carbocycles. The topological polar surface area (TPSA) is 104 Å². The molecule has 0 fully saturated rings. The van der Waals surface area contributed by atoms with Crippen molar-refractivity contribution in [3.05, 3.63) is 46.7 Å². The van der Waals surface area contributed by atoms with Gasteiger partial charge in [-0.1, -0.05) is 26.0 Å². The molecule has 0 aliphatic heterocycles. The molecular weight excluding hydrogens is 390 g/mol. The Kier molecular flexibility index (Phi) is 8.03. The van der Waals surface area contributed by atoms with Gasteiger partial charge in [-0.2, -0.15) is 0 Å². The van der Waals surface area contributed by atoms with Crippen molar-refractivity contribution in [2.24, 2.45) is 0 Å². The Morgan fingerprint density at radius 1 is 1.03 bits per heavy atom. The lowest BCUT2D eigenvalue weighted by Gasteiger charge is -2.10. The first-order chi connectivity index (χ1) is 14.3. The summed E-state index contributed by atoms with van der Waals surface area (Å²) in [6.07, 6.45) is 0. The normalized spacial score (nSPS) is 10.6. The van der Waals surface area contributed by atoms with Crippen LogP contribution in [0.4, 0.5) is 5.88 Å². The standard InChI is InChI=1S/C22H27NO7/c1-6-27-21(25)18-14(5)30-20(19(18)22(26)28-7-2)23-17(24)12-29-16-10-8-9-15(11-16)13(3)4/h8-11,13H,6-7,12H2,1-5H3,(H,23,24). The number of aryl methyl sites for hydroxylation is 1. The van der Waals surface area contributed by atoms with Gasteiger partial charge in [0.2, 0.25) is 5.88 Å². The van der Waals surface area contributed by atoms with Gasteiger partial charge in [0.1, 0.15) is 22.6 Å². The van der Waals surface area contributed by atoms with Gasteiger partial charge in [0.05, 0.1) is 13.2 Å². The van der Waals surface area contributed by atoms with Crippen molar-refractivity contribution in [2.45, 2.75) is 40.5 Å². The third-order valence-corrected chi connectivity index (χ3v) is 4.19. The smallest absolute Gasteiger partial charge is 0.344 e. The van der Waals surface area contributed by atoms with Gasteiger partial charge >= 0.3 is 11.9 Å². The van der Waals surface area contributed by atoms with Crippen LogP contribution in [-0.4, -0.2) is 37.7 Å². The van der Waals surface area contributed by atoms with Crippen molar-refractivity contribution in [2.75, 3.05) is 25.1 Å². The molecule has 1 heterocycles.